The predicted octanol–water partition coefficient (Wildman–Crippen LogP) is 2.36. The summed E-state index contributed by atoms with van der Waals surface area (Å²) in [6.07, 6.45) is -5.09. The van der Waals surface area contributed by atoms with Crippen LogP contribution in [-0.2, 0) is 6.42 Å². The Hall–Kier alpha value is -1.97. The highest BCUT2D eigenvalue weighted by atomic mass is 19.4. The van der Waals surface area contributed by atoms with E-state index < -0.39 is 12.1 Å². The smallest absolute Gasteiger partial charge is 0.495 e. The van der Waals surface area contributed by atoms with Gasteiger partial charge >= 0.3 is 6.36 Å². The molecule has 17 heavy (non-hydrogen) atoms. The molecule has 0 fully saturated rings. The number of ether oxygens (including phenoxy) is 2. The molecule has 0 aliphatic carbocycles. The molecule has 0 aliphatic rings. The molecule has 0 aromatic carbocycles. The number of aromatic nitrogens is 1. The van der Waals surface area contributed by atoms with Crippen LogP contribution in [-0.4, -0.2) is 18.5 Å². The molecule has 1 aromatic heterocycles. The fraction of sp³-hybridized carbons (Fsp3) is 0.400. The number of hydrogen-bond acceptors (Lipinski definition) is 4. The van der Waals surface area contributed by atoms with E-state index in [4.69, 9.17) is 10.00 Å². The van der Waals surface area contributed by atoms with Crippen molar-refractivity contribution in [2.24, 2.45) is 0 Å². The number of nitriles is 1. The van der Waals surface area contributed by atoms with Crippen LogP contribution >= 0.6 is 0 Å². The highest BCUT2D eigenvalue weighted by Crippen LogP contribution is 2.30. The monoisotopic (exact) mass is 246 g/mol. The SMILES string of the molecule is COc1cc(OC(F)(F)F)c(CC#N)nc1C. The highest BCUT2D eigenvalue weighted by molar-refractivity contribution is 5.40. The molecule has 0 unspecified atom stereocenters. The third-order valence-electron chi connectivity index (χ3n) is 1.90. The maximum atomic E-state index is 12.1. The highest BCUT2D eigenvalue weighted by Gasteiger charge is 2.32. The molecule has 0 amide bonds. The molecule has 0 bridgehead atoms. The number of hydrogen-bond donors (Lipinski definition) is 0. The van der Waals surface area contributed by atoms with E-state index in [1.54, 1.807) is 13.0 Å². The van der Waals surface area contributed by atoms with Crippen LogP contribution in [0.4, 0.5) is 13.2 Å². The van der Waals surface area contributed by atoms with Crippen molar-refractivity contribution in [2.75, 3.05) is 7.11 Å². The first-order chi connectivity index (χ1) is 7.87. The van der Waals surface area contributed by atoms with Crippen LogP contribution in [0.15, 0.2) is 6.07 Å². The molecule has 0 atom stereocenters. The molecule has 0 saturated carbocycles. The van der Waals surface area contributed by atoms with E-state index in [0.717, 1.165) is 6.07 Å². The van der Waals surface area contributed by atoms with Gasteiger partial charge in [-0.05, 0) is 6.92 Å². The normalized spacial score (nSPS) is 10.8. The summed E-state index contributed by atoms with van der Waals surface area (Å²) in [5.41, 5.74) is 0.329. The van der Waals surface area contributed by atoms with Gasteiger partial charge in [0.1, 0.15) is 5.75 Å². The minimum atomic E-state index is -4.83. The molecule has 0 spiro atoms. The molecule has 1 heterocycles. The third-order valence-corrected chi connectivity index (χ3v) is 1.90. The topological polar surface area (TPSA) is 55.1 Å². The maximum Gasteiger partial charge on any atom is 0.573 e. The summed E-state index contributed by atoms with van der Waals surface area (Å²) < 4.78 is 45.0. The van der Waals surface area contributed by atoms with Crippen LogP contribution in [0.25, 0.3) is 0 Å². The van der Waals surface area contributed by atoms with Crippen molar-refractivity contribution < 1.29 is 22.6 Å². The van der Waals surface area contributed by atoms with Crippen LogP contribution < -0.4 is 9.47 Å². The molecule has 4 nitrogen and oxygen atoms in total. The Morgan fingerprint density at radius 1 is 1.41 bits per heavy atom. The average molecular weight is 246 g/mol. The Morgan fingerprint density at radius 3 is 2.53 bits per heavy atom. The lowest BCUT2D eigenvalue weighted by Crippen LogP contribution is -2.18. The van der Waals surface area contributed by atoms with Gasteiger partial charge in [0.2, 0.25) is 0 Å². The number of methoxy groups -OCH3 is 1. The van der Waals surface area contributed by atoms with Gasteiger partial charge in [-0.25, -0.2) is 4.98 Å². The fourth-order valence-corrected chi connectivity index (χ4v) is 1.24. The lowest BCUT2D eigenvalue weighted by Gasteiger charge is -2.13. The van der Waals surface area contributed by atoms with Crippen molar-refractivity contribution in [2.45, 2.75) is 19.7 Å². The summed E-state index contributed by atoms with van der Waals surface area (Å²) >= 11 is 0. The van der Waals surface area contributed by atoms with Gasteiger partial charge in [-0.15, -0.1) is 13.2 Å². The second-order valence-electron chi connectivity index (χ2n) is 3.10. The van der Waals surface area contributed by atoms with Crippen molar-refractivity contribution >= 4 is 0 Å². The first kappa shape index (κ1) is 13.1. The maximum absolute atomic E-state index is 12.1. The predicted molar refractivity (Wildman–Crippen MR) is 51.5 cm³/mol. The van der Waals surface area contributed by atoms with Crippen LogP contribution in [0.5, 0.6) is 11.5 Å². The Labute approximate surface area is 95.6 Å². The number of nitrogens with zero attached hydrogens (tertiary/aromatic N) is 2. The number of pyridine rings is 1. The van der Waals surface area contributed by atoms with Gasteiger partial charge in [-0.1, -0.05) is 0 Å². The summed E-state index contributed by atoms with van der Waals surface area (Å²) in [7, 11) is 1.31. The molecular formula is C10H9F3N2O2. The molecule has 0 aliphatic heterocycles. The average Bonchev–Trinajstić information content (AvgIpc) is 2.20. The molecule has 0 N–H and O–H groups in total. The molecule has 0 saturated heterocycles. The zero-order chi connectivity index (χ0) is 13.1. The van der Waals surface area contributed by atoms with Gasteiger partial charge in [0, 0.05) is 6.07 Å². The van der Waals surface area contributed by atoms with E-state index in [0.29, 0.717) is 5.69 Å². The number of halogens is 3. The summed E-state index contributed by atoms with van der Waals surface area (Å²) in [5.74, 6) is -0.340. The van der Waals surface area contributed by atoms with E-state index in [9.17, 15) is 13.2 Å². The molecular weight excluding hydrogens is 237 g/mol. The minimum Gasteiger partial charge on any atom is -0.495 e. The molecule has 7 heteroatoms. The number of alkyl halides is 3. The lowest BCUT2D eigenvalue weighted by molar-refractivity contribution is -0.275. The first-order valence-electron chi connectivity index (χ1n) is 4.54. The quantitative estimate of drug-likeness (QED) is 0.821. The van der Waals surface area contributed by atoms with Gasteiger partial charge in [0.15, 0.2) is 5.75 Å². The van der Waals surface area contributed by atoms with Crippen LogP contribution in [0.2, 0.25) is 0 Å². The van der Waals surface area contributed by atoms with Crippen LogP contribution in [0, 0.1) is 18.3 Å². The summed E-state index contributed by atoms with van der Waals surface area (Å²) in [6, 6.07) is 2.80. The van der Waals surface area contributed by atoms with Crippen molar-refractivity contribution in [3.63, 3.8) is 0 Å². The van der Waals surface area contributed by atoms with Crippen molar-refractivity contribution in [1.82, 2.24) is 4.98 Å². The van der Waals surface area contributed by atoms with Gasteiger partial charge < -0.3 is 9.47 Å². The Kier molecular flexibility index (Phi) is 3.78. The van der Waals surface area contributed by atoms with Crippen LogP contribution in [0.3, 0.4) is 0 Å². The Morgan fingerprint density at radius 2 is 2.06 bits per heavy atom. The molecule has 1 aromatic rings. The van der Waals surface area contributed by atoms with E-state index >= 15 is 0 Å². The zero-order valence-corrected chi connectivity index (χ0v) is 9.13. The van der Waals surface area contributed by atoms with Crippen LogP contribution in [0.1, 0.15) is 11.4 Å². The second-order valence-corrected chi connectivity index (χ2v) is 3.10. The number of aryl methyl sites for hydroxylation is 1. The molecule has 0 radical (unpaired) electrons. The van der Waals surface area contributed by atoms with Gasteiger partial charge in [0.05, 0.1) is 31.0 Å². The summed E-state index contributed by atoms with van der Waals surface area (Å²) in [6.45, 7) is 1.57. The van der Waals surface area contributed by atoms with Crippen molar-refractivity contribution in [1.29, 1.82) is 5.26 Å². The second kappa shape index (κ2) is 4.91. The standard InChI is InChI=1S/C10H9F3N2O2/c1-6-8(16-2)5-9(17-10(11,12)13)7(15-6)3-4-14/h5H,3H2,1-2H3. The minimum absolute atomic E-state index is 0.0666. The van der Waals surface area contributed by atoms with E-state index in [1.165, 1.54) is 7.11 Å². The Bertz CT molecular complexity index is 452. The van der Waals surface area contributed by atoms with Gasteiger partial charge in [-0.2, -0.15) is 5.26 Å². The fourth-order valence-electron chi connectivity index (χ4n) is 1.24. The van der Waals surface area contributed by atoms with Crippen molar-refractivity contribution in [3.8, 4) is 17.6 Å². The van der Waals surface area contributed by atoms with Gasteiger partial charge in [0.25, 0.3) is 0 Å². The Balaban J connectivity index is 3.20. The van der Waals surface area contributed by atoms with Gasteiger partial charge in [-0.3, -0.25) is 0 Å². The zero-order valence-electron chi connectivity index (χ0n) is 9.13. The summed E-state index contributed by atoms with van der Waals surface area (Å²) in [5, 5.41) is 8.50. The first-order valence-corrected chi connectivity index (χ1v) is 4.54. The molecule has 92 valence electrons. The lowest BCUT2D eigenvalue weighted by atomic mass is 10.2. The van der Waals surface area contributed by atoms with Crippen molar-refractivity contribution in [3.05, 3.63) is 17.5 Å². The molecule has 1 rings (SSSR count). The number of rotatable bonds is 3. The third kappa shape index (κ3) is 3.52. The largest absolute Gasteiger partial charge is 0.573 e. The van der Waals surface area contributed by atoms with E-state index in [-0.39, 0.29) is 17.9 Å². The summed E-state index contributed by atoms with van der Waals surface area (Å²) in [4.78, 5) is 3.85. The van der Waals surface area contributed by atoms with E-state index in [2.05, 4.69) is 9.72 Å². The van der Waals surface area contributed by atoms with E-state index in [1.807, 2.05) is 0 Å².